The number of pyridine rings is 1. The lowest BCUT2D eigenvalue weighted by atomic mass is 10.1. The third-order valence-electron chi connectivity index (χ3n) is 2.91. The van der Waals surface area contributed by atoms with E-state index >= 15 is 0 Å². The molecule has 0 saturated carbocycles. The quantitative estimate of drug-likeness (QED) is 0.740. The van der Waals surface area contributed by atoms with Crippen molar-refractivity contribution in [3.8, 4) is 5.95 Å². The summed E-state index contributed by atoms with van der Waals surface area (Å²) in [6.07, 6.45) is 8.50. The zero-order valence-electron chi connectivity index (χ0n) is 11.4. The average Bonchev–Trinajstić information content (AvgIpc) is 3.02. The molecule has 0 aliphatic carbocycles. The Labute approximate surface area is 121 Å². The normalized spacial score (nSPS) is 12.0. The predicted molar refractivity (Wildman–Crippen MR) is 77.6 cm³/mol. The number of nitrogens with two attached hydrogens (primary N) is 1. The van der Waals surface area contributed by atoms with Gasteiger partial charge in [-0.25, -0.2) is 4.98 Å². The minimum Gasteiger partial charge on any atom is -0.368 e. The number of aromatic nitrogens is 6. The first kappa shape index (κ1) is 13.0. The molecule has 3 rings (SSSR count). The zero-order valence-corrected chi connectivity index (χ0v) is 11.4. The highest BCUT2D eigenvalue weighted by atomic mass is 15.3. The van der Waals surface area contributed by atoms with Gasteiger partial charge < -0.3 is 11.1 Å². The van der Waals surface area contributed by atoms with E-state index < -0.39 is 0 Å². The van der Waals surface area contributed by atoms with Crippen molar-refractivity contribution in [2.45, 2.75) is 13.0 Å². The first-order chi connectivity index (χ1) is 10.2. The molecule has 0 aliphatic rings. The van der Waals surface area contributed by atoms with Crippen molar-refractivity contribution < 1.29 is 0 Å². The van der Waals surface area contributed by atoms with Crippen LogP contribution in [0.1, 0.15) is 18.5 Å². The molecule has 1 unspecified atom stereocenters. The Kier molecular flexibility index (Phi) is 3.42. The molecule has 0 amide bonds. The van der Waals surface area contributed by atoms with E-state index in [0.29, 0.717) is 11.9 Å². The Balaban J connectivity index is 1.86. The highest BCUT2D eigenvalue weighted by Gasteiger charge is 2.10. The van der Waals surface area contributed by atoms with Gasteiger partial charge in [-0.2, -0.15) is 15.0 Å². The lowest BCUT2D eigenvalue weighted by molar-refractivity contribution is 0.832. The summed E-state index contributed by atoms with van der Waals surface area (Å²) in [5.41, 5.74) is 6.76. The fourth-order valence-electron chi connectivity index (χ4n) is 1.85. The fraction of sp³-hybridized carbons (Fsp3) is 0.154. The van der Waals surface area contributed by atoms with Gasteiger partial charge in [-0.15, -0.1) is 0 Å². The molecular weight excluding hydrogens is 268 g/mol. The summed E-state index contributed by atoms with van der Waals surface area (Å²) >= 11 is 0. The Morgan fingerprint density at radius 3 is 2.81 bits per heavy atom. The molecule has 106 valence electrons. The number of anilines is 2. The van der Waals surface area contributed by atoms with Crippen molar-refractivity contribution in [3.63, 3.8) is 0 Å². The van der Waals surface area contributed by atoms with Gasteiger partial charge in [-0.1, -0.05) is 6.07 Å². The number of nitrogens with zero attached hydrogens (tertiary/aromatic N) is 6. The van der Waals surface area contributed by atoms with Crippen molar-refractivity contribution in [2.75, 3.05) is 11.1 Å². The first-order valence-corrected chi connectivity index (χ1v) is 6.39. The summed E-state index contributed by atoms with van der Waals surface area (Å²) in [4.78, 5) is 20.6. The second-order valence-corrected chi connectivity index (χ2v) is 4.44. The smallest absolute Gasteiger partial charge is 0.241 e. The Morgan fingerprint density at radius 2 is 2.10 bits per heavy atom. The van der Waals surface area contributed by atoms with Gasteiger partial charge >= 0.3 is 0 Å². The largest absolute Gasteiger partial charge is 0.368 e. The third kappa shape index (κ3) is 2.94. The van der Waals surface area contributed by atoms with Crippen LogP contribution in [-0.2, 0) is 0 Å². The van der Waals surface area contributed by atoms with E-state index in [-0.39, 0.29) is 12.0 Å². The van der Waals surface area contributed by atoms with Gasteiger partial charge in [-0.05, 0) is 18.6 Å². The van der Waals surface area contributed by atoms with Gasteiger partial charge in [0.25, 0.3) is 0 Å². The van der Waals surface area contributed by atoms with Crippen LogP contribution >= 0.6 is 0 Å². The molecule has 8 nitrogen and oxygen atoms in total. The van der Waals surface area contributed by atoms with Crippen molar-refractivity contribution in [1.82, 2.24) is 29.5 Å². The molecule has 21 heavy (non-hydrogen) atoms. The van der Waals surface area contributed by atoms with E-state index in [1.54, 1.807) is 35.7 Å². The van der Waals surface area contributed by atoms with Crippen molar-refractivity contribution in [2.24, 2.45) is 0 Å². The van der Waals surface area contributed by atoms with Crippen molar-refractivity contribution >= 4 is 11.9 Å². The molecule has 0 radical (unpaired) electrons. The molecule has 0 aliphatic heterocycles. The monoisotopic (exact) mass is 282 g/mol. The van der Waals surface area contributed by atoms with Crippen LogP contribution in [0.4, 0.5) is 11.9 Å². The first-order valence-electron chi connectivity index (χ1n) is 6.39. The number of nitrogens with one attached hydrogen (secondary N) is 1. The fourth-order valence-corrected chi connectivity index (χ4v) is 1.85. The SMILES string of the molecule is CC(Nc1nc(N)nc(-n2ccnc2)n1)c1cccnc1. The highest BCUT2D eigenvalue weighted by Crippen LogP contribution is 2.16. The second-order valence-electron chi connectivity index (χ2n) is 4.44. The van der Waals surface area contributed by atoms with E-state index in [1.807, 2.05) is 19.1 Å². The molecule has 0 aromatic carbocycles. The van der Waals surface area contributed by atoms with Crippen LogP contribution in [0, 0.1) is 0 Å². The lowest BCUT2D eigenvalue weighted by Gasteiger charge is -2.14. The molecule has 8 heteroatoms. The van der Waals surface area contributed by atoms with Crippen LogP contribution in [-0.4, -0.2) is 29.5 Å². The van der Waals surface area contributed by atoms with Gasteiger partial charge in [0.1, 0.15) is 6.33 Å². The van der Waals surface area contributed by atoms with Crippen LogP contribution in [0.15, 0.2) is 43.2 Å². The highest BCUT2D eigenvalue weighted by molar-refractivity contribution is 5.37. The molecule has 3 aromatic rings. The second kappa shape index (κ2) is 5.53. The van der Waals surface area contributed by atoms with Gasteiger partial charge in [0.05, 0.1) is 6.04 Å². The van der Waals surface area contributed by atoms with Gasteiger partial charge in [-0.3, -0.25) is 9.55 Å². The van der Waals surface area contributed by atoms with Crippen molar-refractivity contribution in [1.29, 1.82) is 0 Å². The standard InChI is InChI=1S/C13H14N8/c1-9(10-3-2-4-15-7-10)17-12-18-11(14)19-13(20-12)21-6-5-16-8-21/h2-9H,1H3,(H3,14,17,18,19,20). The van der Waals surface area contributed by atoms with E-state index in [2.05, 4.69) is 30.2 Å². The molecule has 0 spiro atoms. The van der Waals surface area contributed by atoms with E-state index in [4.69, 9.17) is 5.73 Å². The summed E-state index contributed by atoms with van der Waals surface area (Å²) < 4.78 is 1.66. The topological polar surface area (TPSA) is 107 Å². The summed E-state index contributed by atoms with van der Waals surface area (Å²) in [5, 5.41) is 3.19. The number of hydrogen-bond acceptors (Lipinski definition) is 7. The number of hydrogen-bond donors (Lipinski definition) is 2. The Morgan fingerprint density at radius 1 is 1.19 bits per heavy atom. The average molecular weight is 282 g/mol. The summed E-state index contributed by atoms with van der Waals surface area (Å²) in [6, 6.07) is 3.86. The van der Waals surface area contributed by atoms with E-state index in [0.717, 1.165) is 5.56 Å². The molecule has 1 atom stereocenters. The maximum atomic E-state index is 5.73. The van der Waals surface area contributed by atoms with E-state index in [9.17, 15) is 0 Å². The molecular formula is C13H14N8. The lowest BCUT2D eigenvalue weighted by Crippen LogP contribution is -2.13. The van der Waals surface area contributed by atoms with Crippen molar-refractivity contribution in [3.05, 3.63) is 48.8 Å². The number of imidazole rings is 1. The van der Waals surface area contributed by atoms with Gasteiger partial charge in [0, 0.05) is 24.8 Å². The summed E-state index contributed by atoms with van der Waals surface area (Å²) in [5.74, 6) is 0.970. The predicted octanol–water partition coefficient (Wildman–Crippen LogP) is 1.21. The minimum absolute atomic E-state index is 0.00358. The Hall–Kier alpha value is -3.03. The summed E-state index contributed by atoms with van der Waals surface area (Å²) in [7, 11) is 0. The molecule has 3 heterocycles. The zero-order chi connectivity index (χ0) is 14.7. The van der Waals surface area contributed by atoms with E-state index in [1.165, 1.54) is 0 Å². The Bertz CT molecular complexity index is 710. The van der Waals surface area contributed by atoms with Crippen LogP contribution in [0.5, 0.6) is 0 Å². The minimum atomic E-state index is -0.00358. The molecule has 0 saturated heterocycles. The number of nitrogen functional groups attached to an aromatic ring is 1. The molecule has 3 aromatic heterocycles. The van der Waals surface area contributed by atoms with Crippen LogP contribution in [0.2, 0.25) is 0 Å². The van der Waals surface area contributed by atoms with Gasteiger partial charge in [0.15, 0.2) is 0 Å². The van der Waals surface area contributed by atoms with Crippen LogP contribution < -0.4 is 11.1 Å². The van der Waals surface area contributed by atoms with Crippen LogP contribution in [0.3, 0.4) is 0 Å². The molecule has 0 fully saturated rings. The summed E-state index contributed by atoms with van der Waals surface area (Å²) in [6.45, 7) is 1.99. The molecule has 0 bridgehead atoms. The van der Waals surface area contributed by atoms with Gasteiger partial charge in [0.2, 0.25) is 17.8 Å². The third-order valence-corrected chi connectivity index (χ3v) is 2.91. The van der Waals surface area contributed by atoms with Crippen LogP contribution in [0.25, 0.3) is 5.95 Å². The maximum absolute atomic E-state index is 5.73. The molecule has 3 N–H and O–H groups in total. The maximum Gasteiger partial charge on any atom is 0.241 e. The number of rotatable bonds is 4.